The summed E-state index contributed by atoms with van der Waals surface area (Å²) in [7, 11) is 0. The highest BCUT2D eigenvalue weighted by Gasteiger charge is 2.20. The smallest absolute Gasteiger partial charge is 0.226 e. The van der Waals surface area contributed by atoms with Crippen LogP contribution in [0.5, 0.6) is 5.88 Å². The largest absolute Gasteiger partial charge is 0.478 e. The van der Waals surface area contributed by atoms with Gasteiger partial charge < -0.3 is 14.8 Å². The molecule has 1 aliphatic rings. The maximum Gasteiger partial charge on any atom is 0.226 e. The maximum atomic E-state index is 5.51. The molecular formula is C12H19N3O2. The molecule has 94 valence electrons. The van der Waals surface area contributed by atoms with Gasteiger partial charge in [0, 0.05) is 25.4 Å². The van der Waals surface area contributed by atoms with Crippen LogP contribution in [-0.4, -0.2) is 36.3 Å². The monoisotopic (exact) mass is 237 g/mol. The number of ether oxygens (including phenoxy) is 2. The summed E-state index contributed by atoms with van der Waals surface area (Å²) in [5.74, 6) is 2.00. The predicted octanol–water partition coefficient (Wildman–Crippen LogP) is 1.71. The Labute approximate surface area is 102 Å². The van der Waals surface area contributed by atoms with Crippen molar-refractivity contribution in [3.8, 4) is 5.88 Å². The Morgan fingerprint density at radius 3 is 3.12 bits per heavy atom. The number of nitrogens with one attached hydrogen (secondary N) is 1. The van der Waals surface area contributed by atoms with Gasteiger partial charge in [-0.25, -0.2) is 4.98 Å². The van der Waals surface area contributed by atoms with Gasteiger partial charge in [-0.3, -0.25) is 0 Å². The van der Waals surface area contributed by atoms with Gasteiger partial charge in [0.1, 0.15) is 0 Å². The Balaban J connectivity index is 1.64. The van der Waals surface area contributed by atoms with E-state index in [1.165, 1.54) is 12.8 Å². The van der Waals surface area contributed by atoms with Crippen LogP contribution in [0.3, 0.4) is 0 Å². The minimum Gasteiger partial charge on any atom is -0.478 e. The number of nitrogens with zero attached hydrogens (tertiary/aromatic N) is 2. The van der Waals surface area contributed by atoms with Crippen molar-refractivity contribution < 1.29 is 9.47 Å². The molecular weight excluding hydrogens is 218 g/mol. The van der Waals surface area contributed by atoms with Crippen molar-refractivity contribution in [2.24, 2.45) is 5.92 Å². The highest BCUT2D eigenvalue weighted by atomic mass is 16.5. The van der Waals surface area contributed by atoms with Crippen LogP contribution in [0.15, 0.2) is 12.3 Å². The normalized spacial score (nSPS) is 14.6. The second-order valence-corrected chi connectivity index (χ2v) is 4.10. The molecule has 1 aromatic rings. The molecule has 0 atom stereocenters. The average molecular weight is 237 g/mol. The minimum absolute atomic E-state index is 0.589. The zero-order chi connectivity index (χ0) is 11.9. The topological polar surface area (TPSA) is 56.3 Å². The molecule has 1 fully saturated rings. The number of anilines is 1. The Morgan fingerprint density at radius 1 is 1.47 bits per heavy atom. The van der Waals surface area contributed by atoms with Gasteiger partial charge in [-0.15, -0.1) is 0 Å². The highest BCUT2D eigenvalue weighted by molar-refractivity contribution is 5.27. The van der Waals surface area contributed by atoms with E-state index in [4.69, 9.17) is 9.47 Å². The molecule has 0 saturated heterocycles. The maximum absolute atomic E-state index is 5.51. The quantitative estimate of drug-likeness (QED) is 0.698. The van der Waals surface area contributed by atoms with Crippen LogP contribution in [0.1, 0.15) is 19.8 Å². The van der Waals surface area contributed by atoms with Crippen molar-refractivity contribution in [3.05, 3.63) is 12.3 Å². The zero-order valence-corrected chi connectivity index (χ0v) is 10.2. The SMILES string of the molecule is CCOc1ccnc(NCCOCC2CC2)n1. The lowest BCUT2D eigenvalue weighted by Crippen LogP contribution is -2.12. The molecule has 0 radical (unpaired) electrons. The number of aromatic nitrogens is 2. The van der Waals surface area contributed by atoms with E-state index in [0.717, 1.165) is 19.1 Å². The third-order valence-electron chi connectivity index (χ3n) is 2.50. The lowest BCUT2D eigenvalue weighted by atomic mass is 10.5. The van der Waals surface area contributed by atoms with Crippen molar-refractivity contribution in [2.45, 2.75) is 19.8 Å². The lowest BCUT2D eigenvalue weighted by Gasteiger charge is -2.07. The molecule has 0 aliphatic heterocycles. The molecule has 5 heteroatoms. The van der Waals surface area contributed by atoms with E-state index in [-0.39, 0.29) is 0 Å². The van der Waals surface area contributed by atoms with Crippen molar-refractivity contribution in [1.82, 2.24) is 9.97 Å². The molecule has 0 unspecified atom stereocenters. The summed E-state index contributed by atoms with van der Waals surface area (Å²) in [5.41, 5.74) is 0. The van der Waals surface area contributed by atoms with E-state index >= 15 is 0 Å². The van der Waals surface area contributed by atoms with Crippen LogP contribution in [0.25, 0.3) is 0 Å². The van der Waals surface area contributed by atoms with E-state index in [1.54, 1.807) is 12.3 Å². The number of rotatable bonds is 8. The first-order valence-corrected chi connectivity index (χ1v) is 6.16. The summed E-state index contributed by atoms with van der Waals surface area (Å²) < 4.78 is 10.8. The molecule has 2 rings (SSSR count). The van der Waals surface area contributed by atoms with Gasteiger partial charge in [-0.2, -0.15) is 4.98 Å². The summed E-state index contributed by atoms with van der Waals surface area (Å²) >= 11 is 0. The molecule has 17 heavy (non-hydrogen) atoms. The molecule has 0 aromatic carbocycles. The summed E-state index contributed by atoms with van der Waals surface area (Å²) in [6.45, 7) is 4.85. The predicted molar refractivity (Wildman–Crippen MR) is 65.2 cm³/mol. The van der Waals surface area contributed by atoms with E-state index in [2.05, 4.69) is 15.3 Å². The van der Waals surface area contributed by atoms with Gasteiger partial charge in [0.15, 0.2) is 0 Å². The van der Waals surface area contributed by atoms with Crippen LogP contribution in [-0.2, 0) is 4.74 Å². The average Bonchev–Trinajstić information content (AvgIpc) is 3.14. The number of hydrogen-bond acceptors (Lipinski definition) is 5. The fourth-order valence-electron chi connectivity index (χ4n) is 1.43. The molecule has 0 bridgehead atoms. The molecule has 5 nitrogen and oxygen atoms in total. The molecule has 1 saturated carbocycles. The second kappa shape index (κ2) is 6.39. The van der Waals surface area contributed by atoms with E-state index in [0.29, 0.717) is 25.0 Å². The third kappa shape index (κ3) is 4.56. The first-order valence-electron chi connectivity index (χ1n) is 6.16. The molecule has 1 aliphatic carbocycles. The summed E-state index contributed by atoms with van der Waals surface area (Å²) in [5, 5.41) is 3.11. The fourth-order valence-corrected chi connectivity index (χ4v) is 1.43. The van der Waals surface area contributed by atoms with E-state index in [1.807, 2.05) is 6.92 Å². The van der Waals surface area contributed by atoms with Gasteiger partial charge in [0.05, 0.1) is 13.2 Å². The Bertz CT molecular complexity index is 342. The van der Waals surface area contributed by atoms with Crippen LogP contribution < -0.4 is 10.1 Å². The Morgan fingerprint density at radius 2 is 2.35 bits per heavy atom. The lowest BCUT2D eigenvalue weighted by molar-refractivity contribution is 0.133. The van der Waals surface area contributed by atoms with Crippen LogP contribution >= 0.6 is 0 Å². The van der Waals surface area contributed by atoms with Crippen LogP contribution in [0, 0.1) is 5.92 Å². The van der Waals surface area contributed by atoms with Crippen molar-refractivity contribution in [2.75, 3.05) is 31.7 Å². The molecule has 0 amide bonds. The first kappa shape index (κ1) is 12.1. The number of hydrogen-bond donors (Lipinski definition) is 1. The first-order chi connectivity index (χ1) is 8.38. The van der Waals surface area contributed by atoms with Crippen LogP contribution in [0.2, 0.25) is 0 Å². The standard InChI is InChI=1S/C12H19N3O2/c1-2-17-11-5-6-13-12(15-11)14-7-8-16-9-10-3-4-10/h5-6,10H,2-4,7-9H2,1H3,(H,13,14,15). The Kier molecular flexibility index (Phi) is 4.55. The van der Waals surface area contributed by atoms with Crippen molar-refractivity contribution in [3.63, 3.8) is 0 Å². The van der Waals surface area contributed by atoms with Crippen LogP contribution in [0.4, 0.5) is 5.95 Å². The van der Waals surface area contributed by atoms with Gasteiger partial charge in [-0.05, 0) is 25.7 Å². The second-order valence-electron chi connectivity index (χ2n) is 4.10. The van der Waals surface area contributed by atoms with E-state index in [9.17, 15) is 0 Å². The minimum atomic E-state index is 0.589. The fraction of sp³-hybridized carbons (Fsp3) is 0.667. The van der Waals surface area contributed by atoms with E-state index < -0.39 is 0 Å². The third-order valence-corrected chi connectivity index (χ3v) is 2.50. The van der Waals surface area contributed by atoms with Crippen molar-refractivity contribution >= 4 is 5.95 Å². The van der Waals surface area contributed by atoms with Crippen molar-refractivity contribution in [1.29, 1.82) is 0 Å². The van der Waals surface area contributed by atoms with Gasteiger partial charge in [0.25, 0.3) is 0 Å². The molecule has 1 N–H and O–H groups in total. The highest BCUT2D eigenvalue weighted by Crippen LogP contribution is 2.28. The summed E-state index contributed by atoms with van der Waals surface area (Å²) in [6.07, 6.45) is 4.34. The molecule has 1 aromatic heterocycles. The molecule has 1 heterocycles. The zero-order valence-electron chi connectivity index (χ0n) is 10.2. The summed E-state index contributed by atoms with van der Waals surface area (Å²) in [4.78, 5) is 8.32. The molecule has 0 spiro atoms. The summed E-state index contributed by atoms with van der Waals surface area (Å²) in [6, 6.07) is 1.75. The van der Waals surface area contributed by atoms with Gasteiger partial charge >= 0.3 is 0 Å². The van der Waals surface area contributed by atoms with Gasteiger partial charge in [-0.1, -0.05) is 0 Å². The Hall–Kier alpha value is -1.36. The van der Waals surface area contributed by atoms with Gasteiger partial charge in [0.2, 0.25) is 11.8 Å².